The minimum Gasteiger partial charge on any atom is -0.488 e. The molecule has 0 saturated carbocycles. The van der Waals surface area contributed by atoms with Gasteiger partial charge in [0.05, 0.1) is 6.42 Å². The molecule has 1 heterocycles. The molecule has 0 radical (unpaired) electrons. The molecule has 0 fully saturated rings. The lowest BCUT2D eigenvalue weighted by Gasteiger charge is -2.49. The summed E-state index contributed by atoms with van der Waals surface area (Å²) in [6.45, 7) is 8.38. The Morgan fingerprint density at radius 1 is 0.900 bits per heavy atom. The SMILES string of the molecule is CC1(C)CC(=O)C2=C(C1)N(CCC(=O)O)C1=C(C(=O)CC(C)(C)C1)C2c1ccccc1OCc1ccccc1F. The minimum atomic E-state index is -0.930. The number of carbonyl (C=O) groups is 3. The van der Waals surface area contributed by atoms with Gasteiger partial charge in [-0.2, -0.15) is 0 Å². The highest BCUT2D eigenvalue weighted by atomic mass is 19.1. The first-order valence-corrected chi connectivity index (χ1v) is 13.8. The summed E-state index contributed by atoms with van der Waals surface area (Å²) in [5.41, 5.74) is 3.20. The monoisotopic (exact) mass is 545 g/mol. The van der Waals surface area contributed by atoms with Crippen LogP contribution >= 0.6 is 0 Å². The molecular weight excluding hydrogens is 509 g/mol. The molecular formula is C33H36FNO5. The normalized spacial score (nSPS) is 20.4. The van der Waals surface area contributed by atoms with Crippen LogP contribution in [-0.2, 0) is 21.0 Å². The van der Waals surface area contributed by atoms with E-state index in [0.29, 0.717) is 53.7 Å². The Morgan fingerprint density at radius 3 is 2.02 bits per heavy atom. The van der Waals surface area contributed by atoms with Crippen LogP contribution in [0.2, 0.25) is 0 Å². The topological polar surface area (TPSA) is 83.9 Å². The van der Waals surface area contributed by atoms with E-state index in [4.69, 9.17) is 4.74 Å². The van der Waals surface area contributed by atoms with E-state index in [2.05, 4.69) is 0 Å². The molecule has 2 aromatic rings. The number of rotatable bonds is 7. The molecule has 2 aromatic carbocycles. The summed E-state index contributed by atoms with van der Waals surface area (Å²) in [7, 11) is 0. The van der Waals surface area contributed by atoms with Crippen molar-refractivity contribution in [2.45, 2.75) is 72.3 Å². The fourth-order valence-corrected chi connectivity index (χ4v) is 6.46. The van der Waals surface area contributed by atoms with Crippen LogP contribution in [0.3, 0.4) is 0 Å². The average molecular weight is 546 g/mol. The van der Waals surface area contributed by atoms with Crippen LogP contribution in [-0.4, -0.2) is 34.1 Å². The maximum Gasteiger partial charge on any atom is 0.305 e. The number of halogens is 1. The van der Waals surface area contributed by atoms with E-state index >= 15 is 0 Å². The molecule has 1 aliphatic heterocycles. The number of nitrogens with zero attached hydrogens (tertiary/aromatic N) is 1. The lowest BCUT2D eigenvalue weighted by atomic mass is 9.63. The van der Waals surface area contributed by atoms with E-state index < -0.39 is 11.9 Å². The Hall–Kier alpha value is -3.74. The van der Waals surface area contributed by atoms with Gasteiger partial charge in [0.25, 0.3) is 0 Å². The highest BCUT2D eigenvalue weighted by molar-refractivity contribution is 6.07. The van der Waals surface area contributed by atoms with Gasteiger partial charge in [0.1, 0.15) is 18.2 Å². The molecule has 0 aromatic heterocycles. The maximum atomic E-state index is 14.4. The molecule has 0 amide bonds. The third-order valence-electron chi connectivity index (χ3n) is 8.14. The van der Waals surface area contributed by atoms with Crippen LogP contribution in [0.25, 0.3) is 0 Å². The number of ketones is 2. The highest BCUT2D eigenvalue weighted by Gasteiger charge is 2.49. The fourth-order valence-electron chi connectivity index (χ4n) is 6.46. The molecule has 40 heavy (non-hydrogen) atoms. The number of para-hydroxylation sites is 1. The molecule has 210 valence electrons. The van der Waals surface area contributed by atoms with Crippen LogP contribution in [0, 0.1) is 16.6 Å². The number of carbonyl (C=O) groups excluding carboxylic acids is 2. The second kappa shape index (κ2) is 10.3. The number of ether oxygens (including phenoxy) is 1. The van der Waals surface area contributed by atoms with Crippen molar-refractivity contribution in [1.29, 1.82) is 0 Å². The van der Waals surface area contributed by atoms with Gasteiger partial charge in [-0.1, -0.05) is 64.1 Å². The van der Waals surface area contributed by atoms with Gasteiger partial charge in [-0.25, -0.2) is 4.39 Å². The van der Waals surface area contributed by atoms with Gasteiger partial charge in [-0.3, -0.25) is 14.4 Å². The van der Waals surface area contributed by atoms with Crippen molar-refractivity contribution in [2.24, 2.45) is 10.8 Å². The zero-order valence-corrected chi connectivity index (χ0v) is 23.6. The first-order valence-electron chi connectivity index (χ1n) is 13.8. The number of Topliss-reactive ketones (excluding diaryl/α,β-unsaturated/α-hetero) is 2. The number of carboxylic acids is 1. The van der Waals surface area contributed by atoms with Crippen LogP contribution < -0.4 is 4.74 Å². The van der Waals surface area contributed by atoms with Gasteiger partial charge in [-0.05, 0) is 35.8 Å². The van der Waals surface area contributed by atoms with Crippen molar-refractivity contribution in [2.75, 3.05) is 6.54 Å². The molecule has 3 aliphatic rings. The Bertz CT molecular complexity index is 1400. The van der Waals surface area contributed by atoms with Crippen molar-refractivity contribution in [3.05, 3.63) is 88.0 Å². The smallest absolute Gasteiger partial charge is 0.305 e. The Morgan fingerprint density at radius 2 is 1.45 bits per heavy atom. The number of allylic oxidation sites excluding steroid dienone is 4. The van der Waals surface area contributed by atoms with Gasteiger partial charge in [0.15, 0.2) is 11.6 Å². The quantitative estimate of drug-likeness (QED) is 0.424. The summed E-state index contributed by atoms with van der Waals surface area (Å²) < 4.78 is 20.6. The standard InChI is InChI=1S/C33H36FNO5/c1-32(2)15-23-30(25(36)17-32)29(21-10-6-8-12-27(21)40-19-20-9-5-7-11-22(20)34)31-24(35(23)14-13-28(38)39)16-33(3,4)18-26(31)37/h5-12,29H,13-19H2,1-4H3,(H,38,39). The molecule has 2 aliphatic carbocycles. The first kappa shape index (κ1) is 27.8. The minimum absolute atomic E-state index is 0.000901. The van der Waals surface area contributed by atoms with Gasteiger partial charge >= 0.3 is 5.97 Å². The third kappa shape index (κ3) is 5.34. The van der Waals surface area contributed by atoms with Gasteiger partial charge in [-0.15, -0.1) is 0 Å². The van der Waals surface area contributed by atoms with E-state index in [1.807, 2.05) is 50.8 Å². The summed E-state index contributed by atoms with van der Waals surface area (Å²) in [6, 6.07) is 13.8. The fraction of sp³-hybridized carbons (Fsp3) is 0.424. The van der Waals surface area contributed by atoms with Crippen molar-refractivity contribution >= 4 is 17.5 Å². The summed E-state index contributed by atoms with van der Waals surface area (Å²) in [5, 5.41) is 9.55. The van der Waals surface area contributed by atoms with E-state index in [9.17, 15) is 23.9 Å². The molecule has 0 atom stereocenters. The molecule has 0 unspecified atom stereocenters. The van der Waals surface area contributed by atoms with Crippen molar-refractivity contribution in [3.8, 4) is 5.75 Å². The summed E-state index contributed by atoms with van der Waals surface area (Å²) in [4.78, 5) is 41.5. The van der Waals surface area contributed by atoms with Gasteiger partial charge in [0.2, 0.25) is 0 Å². The molecule has 0 spiro atoms. The summed E-state index contributed by atoms with van der Waals surface area (Å²) in [6.07, 6.45) is 1.73. The van der Waals surface area contributed by atoms with E-state index in [1.54, 1.807) is 24.3 Å². The third-order valence-corrected chi connectivity index (χ3v) is 8.14. The first-order chi connectivity index (χ1) is 18.9. The number of carboxylic acid groups (broad SMARTS) is 1. The Balaban J connectivity index is 1.68. The number of aliphatic carboxylic acids is 1. The zero-order valence-electron chi connectivity index (χ0n) is 23.6. The van der Waals surface area contributed by atoms with E-state index in [-0.39, 0.29) is 47.8 Å². The second-order valence-corrected chi connectivity index (χ2v) is 12.7. The molecule has 5 rings (SSSR count). The second-order valence-electron chi connectivity index (χ2n) is 12.7. The van der Waals surface area contributed by atoms with Crippen LogP contribution in [0.15, 0.2) is 71.1 Å². The number of hydrogen-bond acceptors (Lipinski definition) is 5. The maximum absolute atomic E-state index is 14.4. The Kier molecular flexibility index (Phi) is 7.19. The average Bonchev–Trinajstić information content (AvgIpc) is 2.85. The van der Waals surface area contributed by atoms with Crippen LogP contribution in [0.1, 0.15) is 76.8 Å². The summed E-state index contributed by atoms with van der Waals surface area (Å²) in [5.74, 6) is -1.51. The highest BCUT2D eigenvalue weighted by Crippen LogP contribution is 2.55. The zero-order chi connectivity index (χ0) is 28.8. The molecule has 6 nitrogen and oxygen atoms in total. The lowest BCUT2D eigenvalue weighted by molar-refractivity contribution is -0.137. The predicted octanol–water partition coefficient (Wildman–Crippen LogP) is 6.57. The number of benzene rings is 2. The number of hydrogen-bond donors (Lipinski definition) is 1. The van der Waals surface area contributed by atoms with Gasteiger partial charge in [0, 0.05) is 59.0 Å². The lowest BCUT2D eigenvalue weighted by Crippen LogP contribution is -2.45. The largest absolute Gasteiger partial charge is 0.488 e. The predicted molar refractivity (Wildman–Crippen MR) is 149 cm³/mol. The molecule has 0 saturated heterocycles. The van der Waals surface area contributed by atoms with E-state index in [1.165, 1.54) is 6.07 Å². The molecule has 1 N–H and O–H groups in total. The molecule has 0 bridgehead atoms. The van der Waals surface area contributed by atoms with Crippen molar-refractivity contribution in [1.82, 2.24) is 4.90 Å². The van der Waals surface area contributed by atoms with Crippen LogP contribution in [0.4, 0.5) is 4.39 Å². The molecule has 7 heteroatoms. The summed E-state index contributed by atoms with van der Waals surface area (Å²) >= 11 is 0. The Labute approximate surface area is 234 Å². The van der Waals surface area contributed by atoms with Gasteiger partial charge < -0.3 is 14.7 Å². The van der Waals surface area contributed by atoms with Crippen molar-refractivity contribution < 1.29 is 28.6 Å². The van der Waals surface area contributed by atoms with E-state index in [0.717, 1.165) is 11.4 Å². The van der Waals surface area contributed by atoms with Crippen LogP contribution in [0.5, 0.6) is 5.75 Å². The van der Waals surface area contributed by atoms with Crippen molar-refractivity contribution in [3.63, 3.8) is 0 Å².